The predicted molar refractivity (Wildman–Crippen MR) is 141 cm³/mol. The number of hydrogen-bond donors (Lipinski definition) is 0. The van der Waals surface area contributed by atoms with Crippen molar-refractivity contribution in [3.05, 3.63) is 64.5 Å². The topological polar surface area (TPSA) is 88.6 Å². The fourth-order valence-corrected chi connectivity index (χ4v) is 10.8. The molecule has 1 aliphatic carbocycles. The molecule has 3 aliphatic rings. The van der Waals surface area contributed by atoms with Crippen LogP contribution >= 0.6 is 0 Å². The van der Waals surface area contributed by atoms with Gasteiger partial charge in [-0.25, -0.2) is 25.6 Å². The van der Waals surface area contributed by atoms with Gasteiger partial charge < -0.3 is 4.90 Å². The molecule has 5 rings (SSSR count). The van der Waals surface area contributed by atoms with Gasteiger partial charge in [-0.1, -0.05) is 18.2 Å². The van der Waals surface area contributed by atoms with Crippen LogP contribution in [0.2, 0.25) is 0 Å². The second kappa shape index (κ2) is 10.4. The van der Waals surface area contributed by atoms with E-state index < -0.39 is 71.7 Å². The second-order valence-electron chi connectivity index (χ2n) is 11.6. The van der Waals surface area contributed by atoms with Crippen LogP contribution in [0.3, 0.4) is 0 Å². The summed E-state index contributed by atoms with van der Waals surface area (Å²) in [6.45, 7) is 1.15. The third-order valence-electron chi connectivity index (χ3n) is 9.17. The Kier molecular flexibility index (Phi) is 7.71. The van der Waals surface area contributed by atoms with Crippen LogP contribution in [0.25, 0.3) is 0 Å². The molecule has 2 unspecified atom stereocenters. The van der Waals surface area contributed by atoms with E-state index in [1.807, 2.05) is 0 Å². The first kappa shape index (κ1) is 32.6. The Hall–Kier alpha value is -2.75. The first-order chi connectivity index (χ1) is 20.2. The highest BCUT2D eigenvalue weighted by atomic mass is 32.2. The molecule has 1 amide bonds. The number of nitrogens with zero attached hydrogens (tertiary/aromatic N) is 1. The van der Waals surface area contributed by atoms with Gasteiger partial charge in [-0.2, -0.15) is 26.3 Å². The number of halogens is 8. The van der Waals surface area contributed by atoms with Crippen LogP contribution in [-0.4, -0.2) is 64.1 Å². The molecule has 0 aromatic heterocycles. The van der Waals surface area contributed by atoms with Crippen molar-refractivity contribution < 1.29 is 56.8 Å². The first-order valence-electron chi connectivity index (χ1n) is 13.7. The van der Waals surface area contributed by atoms with E-state index in [-0.39, 0.29) is 77.8 Å². The molecular formula is C28H27F8NO5S2. The van der Waals surface area contributed by atoms with E-state index in [0.29, 0.717) is 6.07 Å². The van der Waals surface area contributed by atoms with Crippen LogP contribution in [0.4, 0.5) is 35.1 Å². The van der Waals surface area contributed by atoms with Crippen molar-refractivity contribution in [2.75, 3.05) is 18.1 Å². The van der Waals surface area contributed by atoms with Gasteiger partial charge in [0.2, 0.25) is 5.91 Å². The number of alkyl halides is 7. The lowest BCUT2D eigenvalue weighted by molar-refractivity contribution is -0.348. The van der Waals surface area contributed by atoms with Gasteiger partial charge >= 0.3 is 18.0 Å². The van der Waals surface area contributed by atoms with Gasteiger partial charge in [-0.15, -0.1) is 0 Å². The first-order valence-corrected chi connectivity index (χ1v) is 17.0. The molecule has 242 valence electrons. The molecule has 16 heteroatoms. The maximum Gasteiger partial charge on any atom is 0.435 e. The number of sulfone groups is 2. The highest BCUT2D eigenvalue weighted by Gasteiger charge is 2.74. The molecule has 44 heavy (non-hydrogen) atoms. The van der Waals surface area contributed by atoms with Gasteiger partial charge in [0.1, 0.15) is 20.4 Å². The van der Waals surface area contributed by atoms with E-state index in [1.165, 1.54) is 11.8 Å². The third kappa shape index (κ3) is 4.81. The van der Waals surface area contributed by atoms with Gasteiger partial charge in [-0.05, 0) is 73.9 Å². The molecule has 2 saturated heterocycles. The Morgan fingerprint density at radius 1 is 0.932 bits per heavy atom. The van der Waals surface area contributed by atoms with Crippen molar-refractivity contribution in [3.63, 3.8) is 0 Å². The maximum absolute atomic E-state index is 15.0. The summed E-state index contributed by atoms with van der Waals surface area (Å²) in [5, 5.41) is 0. The summed E-state index contributed by atoms with van der Waals surface area (Å²) in [5.41, 5.74) is -7.96. The third-order valence-corrected chi connectivity index (χ3v) is 13.4. The Bertz CT molecular complexity index is 1690. The van der Waals surface area contributed by atoms with E-state index in [1.54, 1.807) is 0 Å². The minimum absolute atomic E-state index is 0.00864. The normalized spacial score (nSPS) is 24.6. The minimum atomic E-state index is -6.38. The molecule has 2 aromatic rings. The van der Waals surface area contributed by atoms with Gasteiger partial charge in [0.25, 0.3) is 0 Å². The zero-order chi connectivity index (χ0) is 32.7. The zero-order valence-electron chi connectivity index (χ0n) is 23.1. The number of likely N-dealkylation sites (tertiary alicyclic amines) is 1. The van der Waals surface area contributed by atoms with Crippen LogP contribution in [0, 0.1) is 18.7 Å². The van der Waals surface area contributed by atoms with E-state index >= 15 is 0 Å². The van der Waals surface area contributed by atoms with E-state index in [4.69, 9.17) is 0 Å². The molecule has 0 bridgehead atoms. The number of amides is 1. The van der Waals surface area contributed by atoms with Gasteiger partial charge in [0, 0.05) is 18.0 Å². The average molecular weight is 674 g/mol. The summed E-state index contributed by atoms with van der Waals surface area (Å²) in [5.74, 6) is -2.45. The van der Waals surface area contributed by atoms with Crippen LogP contribution in [-0.2, 0) is 41.3 Å². The lowest BCUT2D eigenvalue weighted by Gasteiger charge is -2.43. The fourth-order valence-electron chi connectivity index (χ4n) is 6.86. The number of rotatable bonds is 4. The summed E-state index contributed by atoms with van der Waals surface area (Å²) in [4.78, 5) is 14.6. The van der Waals surface area contributed by atoms with Crippen molar-refractivity contribution in [3.8, 4) is 0 Å². The molecule has 2 aliphatic heterocycles. The summed E-state index contributed by atoms with van der Waals surface area (Å²) >= 11 is 0. The summed E-state index contributed by atoms with van der Waals surface area (Å²) in [6.07, 6.45) is -13.5. The summed E-state index contributed by atoms with van der Waals surface area (Å²) in [6, 6.07) is 3.21. The number of hydrogen-bond acceptors (Lipinski definition) is 5. The molecule has 0 spiro atoms. The number of aryl methyl sites for hydroxylation is 2. The van der Waals surface area contributed by atoms with Crippen LogP contribution < -0.4 is 0 Å². The van der Waals surface area contributed by atoms with Gasteiger partial charge in [0.15, 0.2) is 9.84 Å². The molecule has 2 heterocycles. The van der Waals surface area contributed by atoms with Crippen molar-refractivity contribution in [2.24, 2.45) is 5.92 Å². The summed E-state index contributed by atoms with van der Waals surface area (Å²) < 4.78 is 161. The highest BCUT2D eigenvalue weighted by molar-refractivity contribution is 7.92. The SMILES string of the molecule is Cc1cc(S(=O)(=O)C23CCN(C(=O)C4CCS(=O)(=O)CC4)C2CCc2cc(C(F)(C(F)(F)F)C(F)(F)F)ccc23)ccc1F. The largest absolute Gasteiger partial charge is 0.435 e. The molecule has 2 atom stereocenters. The Balaban J connectivity index is 1.67. The lowest BCUT2D eigenvalue weighted by atomic mass is 9.76. The van der Waals surface area contributed by atoms with Crippen molar-refractivity contribution in [1.29, 1.82) is 0 Å². The second-order valence-corrected chi connectivity index (χ2v) is 16.1. The molecular weight excluding hydrogens is 646 g/mol. The Labute approximate surface area is 248 Å². The van der Waals surface area contributed by atoms with Crippen LogP contribution in [0.1, 0.15) is 47.9 Å². The molecule has 6 nitrogen and oxygen atoms in total. The molecule has 0 saturated carbocycles. The standard InChI is InChI=1S/C28H27F8NO5S2/c1-16-14-20(4-6-22(16)29)44(41,42)25-10-11-37(24(38)17-8-12-43(39,40)13-9-17)23(25)7-2-18-15-19(3-5-21(18)25)26(30,27(31,32)33)28(34,35)36/h3-6,14-15,17,23H,2,7-13H2,1H3. The van der Waals surface area contributed by atoms with Gasteiger partial charge in [-0.3, -0.25) is 4.79 Å². The van der Waals surface area contributed by atoms with E-state index in [2.05, 4.69) is 0 Å². The van der Waals surface area contributed by atoms with Crippen LogP contribution in [0.5, 0.6) is 0 Å². The lowest BCUT2D eigenvalue weighted by Crippen LogP contribution is -2.54. The average Bonchev–Trinajstić information content (AvgIpc) is 3.34. The number of carbonyl (C=O) groups is 1. The maximum atomic E-state index is 15.0. The molecule has 0 N–H and O–H groups in total. The number of fused-ring (bicyclic) bond motifs is 3. The van der Waals surface area contributed by atoms with Crippen molar-refractivity contribution in [1.82, 2.24) is 4.90 Å². The Morgan fingerprint density at radius 2 is 1.55 bits per heavy atom. The minimum Gasteiger partial charge on any atom is -0.337 e. The van der Waals surface area contributed by atoms with Crippen molar-refractivity contribution >= 4 is 25.6 Å². The van der Waals surface area contributed by atoms with Crippen LogP contribution in [0.15, 0.2) is 41.3 Å². The quantitative estimate of drug-likeness (QED) is 0.318. The molecule has 2 aromatic carbocycles. The monoisotopic (exact) mass is 673 g/mol. The summed E-state index contributed by atoms with van der Waals surface area (Å²) in [7, 11) is -7.97. The van der Waals surface area contributed by atoms with E-state index in [9.17, 15) is 56.8 Å². The van der Waals surface area contributed by atoms with Crippen molar-refractivity contribution in [2.45, 2.75) is 72.7 Å². The molecule has 0 radical (unpaired) electrons. The smallest absolute Gasteiger partial charge is 0.337 e. The molecule has 2 fully saturated rings. The highest BCUT2D eigenvalue weighted by Crippen LogP contribution is 2.57. The van der Waals surface area contributed by atoms with Gasteiger partial charge in [0.05, 0.1) is 22.4 Å². The Morgan fingerprint density at radius 3 is 2.11 bits per heavy atom. The number of benzene rings is 2. The fraction of sp³-hybridized carbons (Fsp3) is 0.536. The van der Waals surface area contributed by atoms with E-state index in [0.717, 1.165) is 24.3 Å². The number of carbonyl (C=O) groups excluding carboxylic acids is 1. The predicted octanol–water partition coefficient (Wildman–Crippen LogP) is 5.46. The zero-order valence-corrected chi connectivity index (χ0v) is 24.7.